The second kappa shape index (κ2) is 20.3. The molecule has 0 fully saturated rings. The molecule has 0 spiro atoms. The van der Waals surface area contributed by atoms with E-state index in [1.807, 2.05) is 24.4 Å². The number of hydrogen-bond donors (Lipinski definition) is 0. The van der Waals surface area contributed by atoms with E-state index in [0.717, 1.165) is 101 Å². The number of para-hydroxylation sites is 2. The standard InChI is InChI=1S/C77H62N5.Ir/c1-74(2)67-33-18-20-35-70(67)81-72(76(74,5)6)65(48-79-81)63-31-16-14-29-61(63)57-44-56(45-58(46-57)62-30-15-17-32-64(62)66-49-80-82-71-36-21-19-34-68(71)75(3,4)77(7,8)73(66)82)60-28-13-12-27-59(60)55-41-42-69(78-47-55)54-26-22-25-53(43-54)52-39-37-51(38-40-52)50-23-10-9-11-24-50;/h9-25,27-34,37-49H,1-8H3;/q-3;+3. The molecular weight excluding hydrogens is 1190 g/mol. The molecule has 0 radical (unpaired) electrons. The van der Waals surface area contributed by atoms with E-state index < -0.39 is 0 Å². The quantitative estimate of drug-likeness (QED) is 0.135. The van der Waals surface area contributed by atoms with Gasteiger partial charge in [0.1, 0.15) is 0 Å². The summed E-state index contributed by atoms with van der Waals surface area (Å²) in [4.78, 5) is 5.15. The van der Waals surface area contributed by atoms with Crippen LogP contribution < -0.4 is 0 Å². The van der Waals surface area contributed by atoms with Crippen LogP contribution in [0.5, 0.6) is 0 Å². The Bertz CT molecular complexity index is 4260. The number of benzene rings is 9. The predicted molar refractivity (Wildman–Crippen MR) is 336 cm³/mol. The third kappa shape index (κ3) is 8.56. The maximum Gasteiger partial charge on any atom is 3.00 e. The van der Waals surface area contributed by atoms with Crippen LogP contribution >= 0.6 is 0 Å². The zero-order valence-electron chi connectivity index (χ0n) is 48.0. The van der Waals surface area contributed by atoms with Gasteiger partial charge in [0.15, 0.2) is 0 Å². The summed E-state index contributed by atoms with van der Waals surface area (Å²) in [5.74, 6) is 0. The Morgan fingerprint density at radius 2 is 0.723 bits per heavy atom. The fourth-order valence-corrected chi connectivity index (χ4v) is 13.1. The Morgan fingerprint density at radius 1 is 0.313 bits per heavy atom. The summed E-state index contributed by atoms with van der Waals surface area (Å²) in [5, 5.41) is 10.4. The molecule has 6 heteroatoms. The van der Waals surface area contributed by atoms with Gasteiger partial charge in [-0.3, -0.25) is 9.36 Å². The number of rotatable bonds is 9. The molecule has 0 atom stereocenters. The first-order valence-electron chi connectivity index (χ1n) is 28.5. The number of aromatic nitrogens is 5. The van der Waals surface area contributed by atoms with Gasteiger partial charge in [0, 0.05) is 28.2 Å². The topological polar surface area (TPSA) is 48.5 Å². The monoisotopic (exact) mass is 1250 g/mol. The molecule has 5 heterocycles. The molecule has 2 aliphatic heterocycles. The van der Waals surface area contributed by atoms with Crippen LogP contribution in [0, 0.1) is 18.2 Å². The van der Waals surface area contributed by atoms with E-state index >= 15 is 0 Å². The molecule has 83 heavy (non-hydrogen) atoms. The van der Waals surface area contributed by atoms with Gasteiger partial charge in [-0.2, -0.15) is 58.7 Å². The second-order valence-corrected chi connectivity index (χ2v) is 24.3. The molecule has 0 unspecified atom stereocenters. The molecular formula is C77H62IrN5. The molecule has 0 N–H and O–H groups in total. The van der Waals surface area contributed by atoms with Crippen LogP contribution in [0.2, 0.25) is 0 Å². The first-order chi connectivity index (χ1) is 39.7. The molecule has 3 aromatic heterocycles. The van der Waals surface area contributed by atoms with Crippen LogP contribution in [0.3, 0.4) is 0 Å². The maximum absolute atomic E-state index is 5.18. The molecule has 2 aliphatic rings. The minimum Gasteiger partial charge on any atom is -0.304 e. The molecule has 14 rings (SSSR count). The molecule has 0 bridgehead atoms. The summed E-state index contributed by atoms with van der Waals surface area (Å²) < 4.78 is 4.29. The number of fused-ring (bicyclic) bond motifs is 6. The molecule has 0 aliphatic carbocycles. The summed E-state index contributed by atoms with van der Waals surface area (Å²) in [6.07, 6.45) is 6.17. The average Bonchev–Trinajstić information content (AvgIpc) is 2.26. The van der Waals surface area contributed by atoms with E-state index in [4.69, 9.17) is 15.2 Å². The third-order valence-electron chi connectivity index (χ3n) is 19.0. The summed E-state index contributed by atoms with van der Waals surface area (Å²) in [5.41, 5.74) is 25.7. The molecule has 5 nitrogen and oxygen atoms in total. The van der Waals surface area contributed by atoms with Crippen LogP contribution in [-0.2, 0) is 41.8 Å². The second-order valence-electron chi connectivity index (χ2n) is 24.3. The largest absolute Gasteiger partial charge is 3.00 e. The van der Waals surface area contributed by atoms with Gasteiger partial charge in [-0.1, -0.05) is 195 Å². The van der Waals surface area contributed by atoms with Crippen LogP contribution in [-0.4, -0.2) is 24.5 Å². The SMILES string of the molecule is CC1(C)c2ccc[c-]c2-n2ncc(-c3ccccc3-c3cc(-c4ccccc4-c4ccc(-c5[c-]ccc(-c6ccc(-c7ccccc7)cc6)c5)nc4)cc(-c4ccccc4-c4cnn5c4C(C)(C)C(C)(C)c4ccc[c-]c4-5)c3)c2C1(C)C.[Ir+3]. The van der Waals surface area contributed by atoms with E-state index in [1.165, 1.54) is 33.6 Å². The molecule has 9 aromatic carbocycles. The maximum atomic E-state index is 5.18. The van der Waals surface area contributed by atoms with Gasteiger partial charge in [0.2, 0.25) is 0 Å². The first-order valence-corrected chi connectivity index (χ1v) is 28.5. The molecule has 0 amide bonds. The Hall–Kier alpha value is -8.80. The van der Waals surface area contributed by atoms with Crippen molar-refractivity contribution < 1.29 is 20.1 Å². The fraction of sp³-hybridized carbons (Fsp3) is 0.156. The smallest absolute Gasteiger partial charge is 0.304 e. The summed E-state index contributed by atoms with van der Waals surface area (Å²) in [6.45, 7) is 18.9. The summed E-state index contributed by atoms with van der Waals surface area (Å²) >= 11 is 0. The molecule has 12 aromatic rings. The van der Waals surface area contributed by atoms with Gasteiger partial charge in [-0.15, -0.1) is 46.5 Å². The van der Waals surface area contributed by atoms with Gasteiger partial charge in [-0.05, 0) is 118 Å². The molecule has 0 saturated carbocycles. The van der Waals surface area contributed by atoms with Crippen molar-refractivity contribution in [2.24, 2.45) is 0 Å². The predicted octanol–water partition coefficient (Wildman–Crippen LogP) is 19.0. The number of pyridine rings is 1. The minimum atomic E-state index is -0.288. The van der Waals surface area contributed by atoms with Crippen molar-refractivity contribution in [1.29, 1.82) is 0 Å². The van der Waals surface area contributed by atoms with Gasteiger partial charge >= 0.3 is 20.1 Å². The van der Waals surface area contributed by atoms with E-state index in [9.17, 15) is 0 Å². The van der Waals surface area contributed by atoms with E-state index in [1.54, 1.807) is 0 Å². The number of nitrogens with zero attached hydrogens (tertiary/aromatic N) is 5. The van der Waals surface area contributed by atoms with Crippen molar-refractivity contribution in [2.75, 3.05) is 0 Å². The van der Waals surface area contributed by atoms with Crippen molar-refractivity contribution in [3.63, 3.8) is 0 Å². The Labute approximate surface area is 501 Å². The Kier molecular flexibility index (Phi) is 13.1. The Balaban J connectivity index is 0.00000645. The number of hydrogen-bond acceptors (Lipinski definition) is 3. The van der Waals surface area contributed by atoms with Crippen molar-refractivity contribution in [1.82, 2.24) is 24.5 Å². The van der Waals surface area contributed by atoms with Crippen molar-refractivity contribution in [2.45, 2.75) is 77.0 Å². The summed E-state index contributed by atoms with van der Waals surface area (Å²) in [6, 6.07) is 86.9. The van der Waals surface area contributed by atoms with Crippen molar-refractivity contribution >= 4 is 0 Å². The normalized spacial score (nSPS) is 14.8. The molecule has 0 saturated heterocycles. The minimum absolute atomic E-state index is 0. The van der Waals surface area contributed by atoms with Crippen LogP contribution in [0.4, 0.5) is 0 Å². The van der Waals surface area contributed by atoms with Crippen molar-refractivity contribution in [3.05, 3.63) is 272 Å². The zero-order chi connectivity index (χ0) is 56.1. The fourth-order valence-electron chi connectivity index (χ4n) is 13.1. The average molecular weight is 1250 g/mol. The van der Waals surface area contributed by atoms with Gasteiger partial charge in [0.25, 0.3) is 0 Å². The van der Waals surface area contributed by atoms with Crippen LogP contribution in [0.1, 0.15) is 77.9 Å². The zero-order valence-corrected chi connectivity index (χ0v) is 50.4. The molecule has 404 valence electrons. The van der Waals surface area contributed by atoms with E-state index in [2.05, 4.69) is 289 Å². The van der Waals surface area contributed by atoms with Crippen LogP contribution in [0.25, 0.3) is 112 Å². The van der Waals surface area contributed by atoms with Gasteiger partial charge < -0.3 is 4.98 Å². The third-order valence-corrected chi connectivity index (χ3v) is 19.0. The van der Waals surface area contributed by atoms with Crippen molar-refractivity contribution in [3.8, 4) is 112 Å². The van der Waals surface area contributed by atoms with E-state index in [-0.39, 0.29) is 41.8 Å². The van der Waals surface area contributed by atoms with Crippen LogP contribution in [0.15, 0.2) is 231 Å². The van der Waals surface area contributed by atoms with Gasteiger partial charge in [-0.25, -0.2) is 0 Å². The van der Waals surface area contributed by atoms with Gasteiger partial charge in [0.05, 0.1) is 23.8 Å². The Morgan fingerprint density at radius 3 is 1.19 bits per heavy atom. The summed E-state index contributed by atoms with van der Waals surface area (Å²) in [7, 11) is 0. The first kappa shape index (κ1) is 53.5. The van der Waals surface area contributed by atoms with E-state index in [0.29, 0.717) is 0 Å².